The summed E-state index contributed by atoms with van der Waals surface area (Å²) in [6.45, 7) is 3.15. The lowest BCUT2D eigenvalue weighted by Gasteiger charge is -2.17. The second kappa shape index (κ2) is 7.97. The van der Waals surface area contributed by atoms with Crippen molar-refractivity contribution >= 4 is 17.3 Å². The fourth-order valence-corrected chi connectivity index (χ4v) is 2.17. The minimum Gasteiger partial charge on any atom is -0.396 e. The largest absolute Gasteiger partial charge is 0.396 e. The predicted molar refractivity (Wildman–Crippen MR) is 74.8 cm³/mol. The molecule has 1 unspecified atom stereocenters. The van der Waals surface area contributed by atoms with E-state index in [1.54, 1.807) is 12.1 Å². The minimum absolute atomic E-state index is 0.216. The highest BCUT2D eigenvalue weighted by Crippen LogP contribution is 2.23. The summed E-state index contributed by atoms with van der Waals surface area (Å²) in [5, 5.41) is 21.6. The summed E-state index contributed by atoms with van der Waals surface area (Å²) in [4.78, 5) is 0. The van der Waals surface area contributed by atoms with E-state index in [2.05, 4.69) is 18.3 Å². The molecule has 1 aromatic rings. The third kappa shape index (κ3) is 4.56. The average Bonchev–Trinajstić information content (AvgIpc) is 2.37. The number of nitrogens with one attached hydrogen (secondary N) is 1. The van der Waals surface area contributed by atoms with Gasteiger partial charge in [0.1, 0.15) is 0 Å². The van der Waals surface area contributed by atoms with Crippen molar-refractivity contribution < 1.29 is 5.11 Å². The van der Waals surface area contributed by atoms with Crippen LogP contribution in [0.3, 0.4) is 0 Å². The second-order valence-corrected chi connectivity index (χ2v) is 4.76. The number of halogens is 1. The Bertz CT molecular complexity index is 409. The molecule has 0 saturated heterocycles. The van der Waals surface area contributed by atoms with Crippen molar-refractivity contribution in [2.75, 3.05) is 18.5 Å². The van der Waals surface area contributed by atoms with Crippen LogP contribution in [-0.4, -0.2) is 18.3 Å². The Labute approximate surface area is 113 Å². The summed E-state index contributed by atoms with van der Waals surface area (Å²) >= 11 is 6.08. The van der Waals surface area contributed by atoms with Crippen LogP contribution in [0.25, 0.3) is 0 Å². The molecule has 0 saturated carbocycles. The summed E-state index contributed by atoms with van der Waals surface area (Å²) < 4.78 is 0. The molecular weight excluding hydrogens is 248 g/mol. The SMILES string of the molecule is CCCC(CCO)CNc1ccc(C#N)cc1Cl. The van der Waals surface area contributed by atoms with Crippen LogP contribution in [0.15, 0.2) is 18.2 Å². The number of hydrogen-bond acceptors (Lipinski definition) is 3. The van der Waals surface area contributed by atoms with E-state index in [1.165, 1.54) is 0 Å². The van der Waals surface area contributed by atoms with E-state index >= 15 is 0 Å². The second-order valence-electron chi connectivity index (χ2n) is 4.35. The molecule has 0 fully saturated rings. The van der Waals surface area contributed by atoms with Gasteiger partial charge in [0, 0.05) is 13.2 Å². The third-order valence-corrected chi connectivity index (χ3v) is 3.23. The van der Waals surface area contributed by atoms with Crippen LogP contribution in [0, 0.1) is 17.2 Å². The lowest BCUT2D eigenvalue weighted by atomic mass is 10.00. The molecule has 0 aliphatic rings. The van der Waals surface area contributed by atoms with Gasteiger partial charge in [-0.3, -0.25) is 0 Å². The molecular formula is C14H19ClN2O. The van der Waals surface area contributed by atoms with Crippen LogP contribution in [0.1, 0.15) is 31.7 Å². The Balaban J connectivity index is 2.59. The van der Waals surface area contributed by atoms with Crippen molar-refractivity contribution in [2.24, 2.45) is 5.92 Å². The topological polar surface area (TPSA) is 56.0 Å². The average molecular weight is 267 g/mol. The molecule has 98 valence electrons. The Morgan fingerprint density at radius 3 is 2.78 bits per heavy atom. The molecule has 1 atom stereocenters. The molecule has 3 nitrogen and oxygen atoms in total. The van der Waals surface area contributed by atoms with Crippen molar-refractivity contribution in [3.05, 3.63) is 28.8 Å². The molecule has 0 bridgehead atoms. The monoisotopic (exact) mass is 266 g/mol. The Morgan fingerprint density at radius 1 is 1.44 bits per heavy atom. The van der Waals surface area contributed by atoms with E-state index in [0.717, 1.165) is 31.5 Å². The van der Waals surface area contributed by atoms with Crippen molar-refractivity contribution in [3.8, 4) is 6.07 Å². The van der Waals surface area contributed by atoms with Gasteiger partial charge in [0.2, 0.25) is 0 Å². The fraction of sp³-hybridized carbons (Fsp3) is 0.500. The Kier molecular flexibility index (Phi) is 6.56. The number of nitrogens with zero attached hydrogens (tertiary/aromatic N) is 1. The molecule has 2 N–H and O–H groups in total. The van der Waals surface area contributed by atoms with Crippen LogP contribution < -0.4 is 5.32 Å². The molecule has 0 aromatic heterocycles. The first kappa shape index (κ1) is 14.8. The van der Waals surface area contributed by atoms with Crippen molar-refractivity contribution in [3.63, 3.8) is 0 Å². The molecule has 1 rings (SSSR count). The van der Waals surface area contributed by atoms with Crippen molar-refractivity contribution in [1.29, 1.82) is 5.26 Å². The Hall–Kier alpha value is -1.24. The smallest absolute Gasteiger partial charge is 0.0992 e. The first-order valence-electron chi connectivity index (χ1n) is 6.25. The van der Waals surface area contributed by atoms with Crippen LogP contribution in [0.5, 0.6) is 0 Å². The summed E-state index contributed by atoms with van der Waals surface area (Å²) in [5.74, 6) is 0.451. The number of hydrogen-bond donors (Lipinski definition) is 2. The predicted octanol–water partition coefficient (Wildman–Crippen LogP) is 3.42. The van der Waals surface area contributed by atoms with Gasteiger partial charge in [-0.1, -0.05) is 24.9 Å². The summed E-state index contributed by atoms with van der Waals surface area (Å²) in [5.41, 5.74) is 1.40. The maximum Gasteiger partial charge on any atom is 0.0992 e. The number of nitriles is 1. The van der Waals surface area contributed by atoms with Crippen molar-refractivity contribution in [2.45, 2.75) is 26.2 Å². The van der Waals surface area contributed by atoms with Gasteiger partial charge in [0.25, 0.3) is 0 Å². The number of aliphatic hydroxyl groups excluding tert-OH is 1. The van der Waals surface area contributed by atoms with Gasteiger partial charge >= 0.3 is 0 Å². The van der Waals surface area contributed by atoms with E-state index in [-0.39, 0.29) is 6.61 Å². The van der Waals surface area contributed by atoms with E-state index in [4.69, 9.17) is 22.0 Å². The minimum atomic E-state index is 0.216. The van der Waals surface area contributed by atoms with E-state index in [0.29, 0.717) is 16.5 Å². The molecule has 1 aromatic carbocycles. The summed E-state index contributed by atoms with van der Waals surface area (Å²) in [6.07, 6.45) is 2.99. The summed E-state index contributed by atoms with van der Waals surface area (Å²) in [6, 6.07) is 7.28. The Morgan fingerprint density at radius 2 is 2.22 bits per heavy atom. The quantitative estimate of drug-likeness (QED) is 0.795. The first-order valence-corrected chi connectivity index (χ1v) is 6.63. The number of benzene rings is 1. The van der Waals surface area contributed by atoms with Gasteiger partial charge in [-0.05, 0) is 37.0 Å². The molecule has 0 spiro atoms. The standard InChI is InChI=1S/C14H19ClN2O/c1-2-3-11(6-7-18)10-17-14-5-4-12(9-16)8-13(14)15/h4-5,8,11,17-18H,2-3,6-7,10H2,1H3. The van der Waals surface area contributed by atoms with Crippen LogP contribution in [-0.2, 0) is 0 Å². The van der Waals surface area contributed by atoms with E-state index in [1.807, 2.05) is 6.07 Å². The lowest BCUT2D eigenvalue weighted by Crippen LogP contribution is -2.15. The third-order valence-electron chi connectivity index (χ3n) is 2.91. The normalized spacial score (nSPS) is 11.9. The number of anilines is 1. The summed E-state index contributed by atoms with van der Waals surface area (Å²) in [7, 11) is 0. The highest BCUT2D eigenvalue weighted by atomic mass is 35.5. The van der Waals surface area contributed by atoms with Gasteiger partial charge in [-0.15, -0.1) is 0 Å². The molecule has 0 radical (unpaired) electrons. The molecule has 4 heteroatoms. The number of aliphatic hydroxyl groups is 1. The molecule has 0 aliphatic heterocycles. The zero-order valence-electron chi connectivity index (χ0n) is 10.6. The van der Waals surface area contributed by atoms with Crippen LogP contribution in [0.4, 0.5) is 5.69 Å². The highest BCUT2D eigenvalue weighted by molar-refractivity contribution is 6.33. The highest BCUT2D eigenvalue weighted by Gasteiger charge is 2.08. The zero-order valence-corrected chi connectivity index (χ0v) is 11.4. The molecule has 18 heavy (non-hydrogen) atoms. The van der Waals surface area contributed by atoms with Crippen LogP contribution in [0.2, 0.25) is 5.02 Å². The molecule has 0 aliphatic carbocycles. The first-order chi connectivity index (χ1) is 8.71. The van der Waals surface area contributed by atoms with Crippen LogP contribution >= 0.6 is 11.6 Å². The zero-order chi connectivity index (χ0) is 13.4. The maximum absolute atomic E-state index is 8.99. The van der Waals surface area contributed by atoms with Gasteiger partial charge < -0.3 is 10.4 Å². The van der Waals surface area contributed by atoms with Crippen molar-refractivity contribution in [1.82, 2.24) is 0 Å². The van der Waals surface area contributed by atoms with Gasteiger partial charge in [0.15, 0.2) is 0 Å². The maximum atomic E-state index is 8.99. The lowest BCUT2D eigenvalue weighted by molar-refractivity contribution is 0.255. The number of rotatable bonds is 7. The fourth-order valence-electron chi connectivity index (χ4n) is 1.92. The van der Waals surface area contributed by atoms with E-state index < -0.39 is 0 Å². The molecule has 0 amide bonds. The molecule has 0 heterocycles. The van der Waals surface area contributed by atoms with Gasteiger partial charge in [0.05, 0.1) is 22.3 Å². The van der Waals surface area contributed by atoms with Gasteiger partial charge in [-0.2, -0.15) is 5.26 Å². The van der Waals surface area contributed by atoms with Gasteiger partial charge in [-0.25, -0.2) is 0 Å². The van der Waals surface area contributed by atoms with E-state index in [9.17, 15) is 0 Å².